The minimum absolute atomic E-state index is 0.800. The molecule has 0 N–H and O–H groups in total. The zero-order valence-electron chi connectivity index (χ0n) is 16.3. The van der Waals surface area contributed by atoms with Crippen molar-refractivity contribution < 1.29 is 0 Å². The van der Waals surface area contributed by atoms with E-state index in [9.17, 15) is 0 Å². The molecule has 0 spiro atoms. The molecule has 1 aliphatic heterocycles. The van der Waals surface area contributed by atoms with Gasteiger partial charge in [0.15, 0.2) is 0 Å². The highest BCUT2D eigenvalue weighted by Gasteiger charge is 2.28. The van der Waals surface area contributed by atoms with Gasteiger partial charge in [0, 0.05) is 18.6 Å². The molecule has 1 saturated heterocycles. The molecule has 2 aliphatic rings. The van der Waals surface area contributed by atoms with E-state index in [-0.39, 0.29) is 0 Å². The Morgan fingerprint density at radius 2 is 1.76 bits per heavy atom. The molecule has 1 aliphatic carbocycles. The van der Waals surface area contributed by atoms with E-state index < -0.39 is 0 Å². The summed E-state index contributed by atoms with van der Waals surface area (Å²) in [6, 6.07) is 1.69. The Labute approximate surface area is 153 Å². The molecule has 0 unspecified atom stereocenters. The van der Waals surface area contributed by atoms with Crippen molar-refractivity contribution in [2.75, 3.05) is 26.7 Å². The number of aromatic nitrogens is 3. The van der Waals surface area contributed by atoms with Crippen LogP contribution in [0.15, 0.2) is 12.7 Å². The topological polar surface area (TPSA) is 37.2 Å². The summed E-state index contributed by atoms with van der Waals surface area (Å²) < 4.78 is 1.94. The van der Waals surface area contributed by atoms with E-state index in [0.29, 0.717) is 0 Å². The highest BCUT2D eigenvalue weighted by molar-refractivity contribution is 4.84. The molecule has 3 rings (SSSR count). The van der Waals surface area contributed by atoms with Crippen LogP contribution in [0.4, 0.5) is 0 Å². The molecule has 0 bridgehead atoms. The smallest absolute Gasteiger partial charge is 0.137 e. The van der Waals surface area contributed by atoms with Gasteiger partial charge in [-0.25, -0.2) is 4.98 Å². The highest BCUT2D eigenvalue weighted by atomic mass is 15.3. The molecule has 142 valence electrons. The Balaban J connectivity index is 1.27. The summed E-state index contributed by atoms with van der Waals surface area (Å²) in [5.41, 5.74) is 0. The predicted octanol–water partition coefficient (Wildman–Crippen LogP) is 3.42. The second-order valence-electron chi connectivity index (χ2n) is 8.38. The van der Waals surface area contributed by atoms with Crippen LogP contribution in [0.3, 0.4) is 0 Å². The number of aryl methyl sites for hydroxylation is 1. The fraction of sp³-hybridized carbons (Fsp3) is 0.900. The number of piperidine rings is 1. The van der Waals surface area contributed by atoms with Crippen molar-refractivity contribution in [2.24, 2.45) is 5.92 Å². The molecule has 25 heavy (non-hydrogen) atoms. The van der Waals surface area contributed by atoms with Crippen LogP contribution in [0, 0.1) is 5.92 Å². The molecule has 2 heterocycles. The summed E-state index contributed by atoms with van der Waals surface area (Å²) in [5.74, 6) is 0.962. The van der Waals surface area contributed by atoms with Crippen LogP contribution >= 0.6 is 0 Å². The third-order valence-corrected chi connectivity index (χ3v) is 6.49. The molecule has 0 atom stereocenters. The second kappa shape index (κ2) is 9.67. The summed E-state index contributed by atoms with van der Waals surface area (Å²) >= 11 is 0. The molecule has 0 amide bonds. The molecule has 5 heteroatoms. The van der Waals surface area contributed by atoms with E-state index in [1.54, 1.807) is 6.33 Å². The van der Waals surface area contributed by atoms with Crippen LogP contribution < -0.4 is 0 Å². The van der Waals surface area contributed by atoms with Crippen molar-refractivity contribution in [2.45, 2.75) is 83.3 Å². The van der Waals surface area contributed by atoms with Crippen molar-refractivity contribution in [3.63, 3.8) is 0 Å². The van der Waals surface area contributed by atoms with E-state index in [1.165, 1.54) is 77.4 Å². The Morgan fingerprint density at radius 1 is 1.00 bits per heavy atom. The molecule has 1 saturated carbocycles. The monoisotopic (exact) mass is 347 g/mol. The summed E-state index contributed by atoms with van der Waals surface area (Å²) in [7, 11) is 2.33. The normalized spacial score (nSPS) is 26.4. The van der Waals surface area contributed by atoms with Crippen LogP contribution in [0.5, 0.6) is 0 Å². The summed E-state index contributed by atoms with van der Waals surface area (Å²) in [6.45, 7) is 7.30. The van der Waals surface area contributed by atoms with Gasteiger partial charge in [-0.3, -0.25) is 4.68 Å². The van der Waals surface area contributed by atoms with E-state index in [2.05, 4.69) is 33.9 Å². The van der Waals surface area contributed by atoms with Crippen LogP contribution in [-0.2, 0) is 6.54 Å². The van der Waals surface area contributed by atoms with E-state index >= 15 is 0 Å². The van der Waals surface area contributed by atoms with Gasteiger partial charge in [-0.15, -0.1) is 0 Å². The van der Waals surface area contributed by atoms with Gasteiger partial charge in [-0.2, -0.15) is 5.10 Å². The third kappa shape index (κ3) is 5.78. The fourth-order valence-corrected chi connectivity index (χ4v) is 4.64. The minimum atomic E-state index is 0.800. The summed E-state index contributed by atoms with van der Waals surface area (Å²) in [5, 5.41) is 4.16. The highest BCUT2D eigenvalue weighted by Crippen LogP contribution is 2.29. The van der Waals surface area contributed by atoms with Crippen LogP contribution in [0.25, 0.3) is 0 Å². The van der Waals surface area contributed by atoms with Crippen molar-refractivity contribution in [3.8, 4) is 0 Å². The number of rotatable bonds is 8. The molecular formula is C20H37N5. The summed E-state index contributed by atoms with van der Waals surface area (Å²) in [6.07, 6.45) is 15.7. The SMILES string of the molecule is CC1CCC(N2CCC(N(C)CCCCCn3cncn3)CC2)CC1. The largest absolute Gasteiger partial charge is 0.303 e. The molecule has 1 aromatic rings. The zero-order valence-corrected chi connectivity index (χ0v) is 16.3. The Morgan fingerprint density at radius 3 is 2.44 bits per heavy atom. The van der Waals surface area contributed by atoms with Crippen molar-refractivity contribution in [1.29, 1.82) is 0 Å². The average molecular weight is 348 g/mol. The van der Waals surface area contributed by atoms with Crippen molar-refractivity contribution in [3.05, 3.63) is 12.7 Å². The van der Waals surface area contributed by atoms with Crippen molar-refractivity contribution >= 4 is 0 Å². The maximum Gasteiger partial charge on any atom is 0.137 e. The van der Waals surface area contributed by atoms with Gasteiger partial charge in [0.1, 0.15) is 12.7 Å². The Hall–Kier alpha value is -0.940. The number of nitrogens with zero attached hydrogens (tertiary/aromatic N) is 5. The molecule has 2 fully saturated rings. The van der Waals surface area contributed by atoms with Gasteiger partial charge in [0.05, 0.1) is 0 Å². The van der Waals surface area contributed by atoms with Crippen LogP contribution in [0.1, 0.15) is 64.7 Å². The first-order valence-corrected chi connectivity index (χ1v) is 10.5. The maximum absolute atomic E-state index is 4.16. The second-order valence-corrected chi connectivity index (χ2v) is 8.38. The van der Waals surface area contributed by atoms with E-state index in [0.717, 1.165) is 24.5 Å². The lowest BCUT2D eigenvalue weighted by Gasteiger charge is -2.42. The van der Waals surface area contributed by atoms with Crippen LogP contribution in [0.2, 0.25) is 0 Å². The standard InChI is InChI=1S/C20H37N5/c1-18-6-8-20(9-7-18)24-14-10-19(11-15-24)23(2)12-4-3-5-13-25-17-21-16-22-25/h16-20H,3-15H2,1-2H3. The minimum Gasteiger partial charge on any atom is -0.303 e. The first-order chi connectivity index (χ1) is 12.2. The van der Waals surface area contributed by atoms with E-state index in [1.807, 2.05) is 11.0 Å². The fourth-order valence-electron chi connectivity index (χ4n) is 4.64. The molecule has 0 radical (unpaired) electrons. The molecule has 1 aromatic heterocycles. The number of unbranched alkanes of at least 4 members (excludes halogenated alkanes) is 2. The first kappa shape index (κ1) is 18.8. The predicted molar refractivity (Wildman–Crippen MR) is 103 cm³/mol. The van der Waals surface area contributed by atoms with Gasteiger partial charge in [-0.1, -0.05) is 13.3 Å². The lowest BCUT2D eigenvalue weighted by Crippen LogP contribution is -2.48. The van der Waals surface area contributed by atoms with E-state index in [4.69, 9.17) is 0 Å². The number of likely N-dealkylation sites (tertiary alicyclic amines) is 1. The average Bonchev–Trinajstić information content (AvgIpc) is 3.15. The lowest BCUT2D eigenvalue weighted by molar-refractivity contribution is 0.0739. The molecular weight excluding hydrogens is 310 g/mol. The van der Waals surface area contributed by atoms with Gasteiger partial charge in [0.2, 0.25) is 0 Å². The van der Waals surface area contributed by atoms with Crippen molar-refractivity contribution in [1.82, 2.24) is 24.6 Å². The van der Waals surface area contributed by atoms with Gasteiger partial charge < -0.3 is 9.80 Å². The quantitative estimate of drug-likeness (QED) is 0.675. The molecule has 0 aromatic carbocycles. The lowest BCUT2D eigenvalue weighted by atomic mass is 9.85. The third-order valence-electron chi connectivity index (χ3n) is 6.49. The van der Waals surface area contributed by atoms with Gasteiger partial charge in [-0.05, 0) is 84.0 Å². The van der Waals surface area contributed by atoms with Gasteiger partial charge >= 0.3 is 0 Å². The maximum atomic E-state index is 4.16. The molecule has 5 nitrogen and oxygen atoms in total. The Kier molecular flexibility index (Phi) is 7.29. The summed E-state index contributed by atoms with van der Waals surface area (Å²) in [4.78, 5) is 9.41. The van der Waals surface area contributed by atoms with Gasteiger partial charge in [0.25, 0.3) is 0 Å². The van der Waals surface area contributed by atoms with Crippen LogP contribution in [-0.4, -0.2) is 63.3 Å². The first-order valence-electron chi connectivity index (χ1n) is 10.5. The number of hydrogen-bond donors (Lipinski definition) is 0. The zero-order chi connectivity index (χ0) is 17.5. The number of hydrogen-bond acceptors (Lipinski definition) is 4. The Bertz CT molecular complexity index is 458.